The van der Waals surface area contributed by atoms with E-state index in [9.17, 15) is 9.90 Å². The summed E-state index contributed by atoms with van der Waals surface area (Å²) in [7, 11) is 0. The molecule has 25 heavy (non-hydrogen) atoms. The first-order valence-electron chi connectivity index (χ1n) is 9.11. The predicted molar refractivity (Wildman–Crippen MR) is 97.2 cm³/mol. The SMILES string of the molecule is Cc1nccc(-c2ccccc2)c1C(=O)N1CCC(C2(O)CC2)CC1. The van der Waals surface area contributed by atoms with E-state index in [1.807, 2.05) is 48.2 Å². The zero-order valence-corrected chi connectivity index (χ0v) is 14.6. The molecular weight excluding hydrogens is 312 g/mol. The van der Waals surface area contributed by atoms with Gasteiger partial charge in [0.05, 0.1) is 16.9 Å². The van der Waals surface area contributed by atoms with Gasteiger partial charge in [-0.3, -0.25) is 9.78 Å². The van der Waals surface area contributed by atoms with E-state index in [0.717, 1.165) is 42.5 Å². The quantitative estimate of drug-likeness (QED) is 0.934. The molecule has 1 saturated carbocycles. The Morgan fingerprint density at radius 3 is 2.48 bits per heavy atom. The molecule has 1 amide bonds. The van der Waals surface area contributed by atoms with Crippen LogP contribution in [0.1, 0.15) is 41.7 Å². The Balaban J connectivity index is 1.58. The van der Waals surface area contributed by atoms with Crippen LogP contribution in [0.5, 0.6) is 0 Å². The van der Waals surface area contributed by atoms with Gasteiger partial charge >= 0.3 is 0 Å². The van der Waals surface area contributed by atoms with Gasteiger partial charge in [-0.25, -0.2) is 0 Å². The van der Waals surface area contributed by atoms with Gasteiger partial charge in [0, 0.05) is 19.3 Å². The lowest BCUT2D eigenvalue weighted by Gasteiger charge is -2.35. The van der Waals surface area contributed by atoms with Gasteiger partial charge in [0.15, 0.2) is 0 Å². The van der Waals surface area contributed by atoms with Crippen molar-refractivity contribution in [1.29, 1.82) is 0 Å². The topological polar surface area (TPSA) is 53.4 Å². The highest BCUT2D eigenvalue weighted by Gasteiger charge is 2.48. The van der Waals surface area contributed by atoms with Crippen LogP contribution in [0.2, 0.25) is 0 Å². The largest absolute Gasteiger partial charge is 0.390 e. The third-order valence-corrected chi connectivity index (χ3v) is 5.74. The van der Waals surface area contributed by atoms with Gasteiger partial charge in [0.25, 0.3) is 5.91 Å². The van der Waals surface area contributed by atoms with Crippen LogP contribution in [0.4, 0.5) is 0 Å². The average molecular weight is 336 g/mol. The molecule has 0 bridgehead atoms. The second-order valence-electron chi connectivity index (χ2n) is 7.35. The summed E-state index contributed by atoms with van der Waals surface area (Å²) < 4.78 is 0. The van der Waals surface area contributed by atoms with Gasteiger partial charge in [-0.1, -0.05) is 30.3 Å². The van der Waals surface area contributed by atoms with Gasteiger partial charge in [0.2, 0.25) is 0 Å². The molecule has 0 spiro atoms. The van der Waals surface area contributed by atoms with Crippen molar-refractivity contribution >= 4 is 5.91 Å². The molecule has 2 aromatic rings. The fourth-order valence-electron chi connectivity index (χ4n) is 4.01. The van der Waals surface area contributed by atoms with Gasteiger partial charge in [-0.2, -0.15) is 0 Å². The van der Waals surface area contributed by atoms with Crippen molar-refractivity contribution in [3.8, 4) is 11.1 Å². The second kappa shape index (κ2) is 6.26. The van der Waals surface area contributed by atoms with Crippen molar-refractivity contribution in [1.82, 2.24) is 9.88 Å². The number of benzene rings is 1. The molecule has 4 heteroatoms. The van der Waals surface area contributed by atoms with E-state index in [1.165, 1.54) is 0 Å². The number of aliphatic hydroxyl groups is 1. The van der Waals surface area contributed by atoms with Gasteiger partial charge in [-0.15, -0.1) is 0 Å². The van der Waals surface area contributed by atoms with Gasteiger partial charge < -0.3 is 10.0 Å². The van der Waals surface area contributed by atoms with Crippen molar-refractivity contribution < 1.29 is 9.90 Å². The summed E-state index contributed by atoms with van der Waals surface area (Å²) in [4.78, 5) is 19.5. The standard InChI is InChI=1S/C21H24N2O2/c1-15-19(18(7-12-22-15)16-5-3-2-4-6-16)20(24)23-13-8-17(9-14-23)21(25)10-11-21/h2-7,12,17,25H,8-11,13-14H2,1H3. The number of nitrogens with zero attached hydrogens (tertiary/aromatic N) is 2. The molecule has 1 aliphatic heterocycles. The molecule has 130 valence electrons. The van der Waals surface area contributed by atoms with Crippen LogP contribution in [0.3, 0.4) is 0 Å². The Morgan fingerprint density at radius 1 is 1.16 bits per heavy atom. The molecular formula is C21H24N2O2. The Morgan fingerprint density at radius 2 is 1.84 bits per heavy atom. The molecule has 1 aromatic heterocycles. The molecule has 0 atom stereocenters. The summed E-state index contributed by atoms with van der Waals surface area (Å²) in [6.45, 7) is 3.34. The van der Waals surface area contributed by atoms with Crippen LogP contribution < -0.4 is 0 Å². The summed E-state index contributed by atoms with van der Waals surface area (Å²) >= 11 is 0. The van der Waals surface area contributed by atoms with E-state index in [4.69, 9.17) is 0 Å². The maximum Gasteiger partial charge on any atom is 0.256 e. The van der Waals surface area contributed by atoms with E-state index in [2.05, 4.69) is 4.98 Å². The molecule has 2 aliphatic rings. The number of aromatic nitrogens is 1. The normalized spacial score (nSPS) is 19.7. The third-order valence-electron chi connectivity index (χ3n) is 5.74. The predicted octanol–water partition coefficient (Wildman–Crippen LogP) is 3.43. The summed E-state index contributed by atoms with van der Waals surface area (Å²) in [6, 6.07) is 11.9. The lowest BCUT2D eigenvalue weighted by Crippen LogP contribution is -2.42. The Kier molecular flexibility index (Phi) is 4.08. The first-order chi connectivity index (χ1) is 12.1. The van der Waals surface area contributed by atoms with Crippen LogP contribution in [0.15, 0.2) is 42.6 Å². The van der Waals surface area contributed by atoms with Crippen LogP contribution in [0, 0.1) is 12.8 Å². The number of likely N-dealkylation sites (tertiary alicyclic amines) is 1. The molecule has 1 saturated heterocycles. The summed E-state index contributed by atoms with van der Waals surface area (Å²) in [5, 5.41) is 10.3. The zero-order valence-electron chi connectivity index (χ0n) is 14.6. The lowest BCUT2D eigenvalue weighted by molar-refractivity contribution is 0.0340. The lowest BCUT2D eigenvalue weighted by atomic mass is 9.88. The summed E-state index contributed by atoms with van der Waals surface area (Å²) in [5.74, 6) is 0.408. The number of aryl methyl sites for hydroxylation is 1. The highest BCUT2D eigenvalue weighted by atomic mass is 16.3. The van der Waals surface area contributed by atoms with Crippen molar-refractivity contribution in [2.75, 3.05) is 13.1 Å². The molecule has 0 unspecified atom stereocenters. The minimum atomic E-state index is -0.436. The number of pyridine rings is 1. The van der Waals surface area contributed by atoms with Crippen LogP contribution in [0.25, 0.3) is 11.1 Å². The van der Waals surface area contributed by atoms with Crippen LogP contribution in [-0.4, -0.2) is 39.6 Å². The van der Waals surface area contributed by atoms with E-state index in [1.54, 1.807) is 6.20 Å². The first-order valence-corrected chi connectivity index (χ1v) is 9.11. The van der Waals surface area contributed by atoms with Crippen molar-refractivity contribution in [3.63, 3.8) is 0 Å². The maximum absolute atomic E-state index is 13.2. The van der Waals surface area contributed by atoms with E-state index < -0.39 is 5.60 Å². The highest BCUT2D eigenvalue weighted by molar-refractivity contribution is 6.01. The molecule has 0 radical (unpaired) electrons. The number of hydrogen-bond donors (Lipinski definition) is 1. The minimum Gasteiger partial charge on any atom is -0.390 e. The fourth-order valence-corrected chi connectivity index (χ4v) is 4.01. The Hall–Kier alpha value is -2.20. The third kappa shape index (κ3) is 3.07. The molecule has 1 aromatic carbocycles. The monoisotopic (exact) mass is 336 g/mol. The molecule has 2 heterocycles. The maximum atomic E-state index is 13.2. The molecule has 2 fully saturated rings. The van der Waals surface area contributed by atoms with Crippen molar-refractivity contribution in [2.45, 2.75) is 38.2 Å². The number of carbonyl (C=O) groups is 1. The van der Waals surface area contributed by atoms with Crippen molar-refractivity contribution in [2.24, 2.45) is 5.92 Å². The Labute approximate surface area is 148 Å². The average Bonchev–Trinajstić information content (AvgIpc) is 3.41. The highest BCUT2D eigenvalue weighted by Crippen LogP contribution is 2.46. The minimum absolute atomic E-state index is 0.0608. The summed E-state index contributed by atoms with van der Waals surface area (Å²) in [5.41, 5.74) is 3.03. The van der Waals surface area contributed by atoms with Gasteiger partial charge in [0.1, 0.15) is 0 Å². The second-order valence-corrected chi connectivity index (χ2v) is 7.35. The molecule has 4 rings (SSSR count). The van der Waals surface area contributed by atoms with E-state index >= 15 is 0 Å². The first kappa shape index (κ1) is 16.3. The van der Waals surface area contributed by atoms with Crippen LogP contribution in [-0.2, 0) is 0 Å². The Bertz CT molecular complexity index is 776. The molecule has 1 aliphatic carbocycles. The number of amides is 1. The number of piperidine rings is 1. The number of carbonyl (C=O) groups excluding carboxylic acids is 1. The van der Waals surface area contributed by atoms with Crippen LogP contribution >= 0.6 is 0 Å². The summed E-state index contributed by atoms with van der Waals surface area (Å²) in [6.07, 6.45) is 5.39. The van der Waals surface area contributed by atoms with E-state index in [-0.39, 0.29) is 5.91 Å². The number of hydrogen-bond acceptors (Lipinski definition) is 3. The smallest absolute Gasteiger partial charge is 0.256 e. The van der Waals surface area contributed by atoms with Crippen molar-refractivity contribution in [3.05, 3.63) is 53.9 Å². The van der Waals surface area contributed by atoms with E-state index in [0.29, 0.717) is 24.6 Å². The zero-order chi connectivity index (χ0) is 17.4. The molecule has 1 N–H and O–H groups in total. The number of rotatable bonds is 3. The van der Waals surface area contributed by atoms with Gasteiger partial charge in [-0.05, 0) is 55.7 Å². The fraction of sp³-hybridized carbons (Fsp3) is 0.429. The molecule has 4 nitrogen and oxygen atoms in total.